The number of piperidine rings is 1. The predicted molar refractivity (Wildman–Crippen MR) is 83.8 cm³/mol. The van der Waals surface area contributed by atoms with Gasteiger partial charge in [0.2, 0.25) is 0 Å². The smallest absolute Gasteiger partial charge is 0.251 e. The van der Waals surface area contributed by atoms with Crippen molar-refractivity contribution in [1.82, 2.24) is 14.7 Å². The van der Waals surface area contributed by atoms with Crippen LogP contribution in [0.15, 0.2) is 36.5 Å². The standard InChI is InChI=1S/C17H20FN3O2/c1-12(22)17(23)20-10-7-13(8-11-20)15-6-9-19-21(15)16-5-3-2-4-14(16)18/h2-6,9,12-13,22H,7-8,10-11H2,1H3. The van der Waals surface area contributed by atoms with E-state index in [1.54, 1.807) is 34.0 Å². The summed E-state index contributed by atoms with van der Waals surface area (Å²) in [5.41, 5.74) is 1.40. The molecule has 1 aromatic carbocycles. The monoisotopic (exact) mass is 317 g/mol. The van der Waals surface area contributed by atoms with E-state index in [0.717, 1.165) is 18.5 Å². The first-order valence-corrected chi connectivity index (χ1v) is 7.83. The minimum Gasteiger partial charge on any atom is -0.384 e. The number of carbonyl (C=O) groups excluding carboxylic acids is 1. The minimum atomic E-state index is -0.963. The molecule has 1 unspecified atom stereocenters. The Morgan fingerprint density at radius 2 is 2.00 bits per heavy atom. The summed E-state index contributed by atoms with van der Waals surface area (Å²) in [5.74, 6) is -0.319. The average Bonchev–Trinajstić information content (AvgIpc) is 3.04. The number of aliphatic hydroxyl groups is 1. The molecule has 1 saturated heterocycles. The molecule has 0 radical (unpaired) electrons. The van der Waals surface area contributed by atoms with Crippen molar-refractivity contribution in [2.24, 2.45) is 0 Å². The van der Waals surface area contributed by atoms with Gasteiger partial charge < -0.3 is 10.0 Å². The van der Waals surface area contributed by atoms with Gasteiger partial charge in [0.15, 0.2) is 0 Å². The van der Waals surface area contributed by atoms with Crippen molar-refractivity contribution in [1.29, 1.82) is 0 Å². The SMILES string of the molecule is CC(O)C(=O)N1CCC(c2ccnn2-c2ccccc2F)CC1. The molecule has 1 atom stereocenters. The lowest BCUT2D eigenvalue weighted by Gasteiger charge is -2.33. The summed E-state index contributed by atoms with van der Waals surface area (Å²) < 4.78 is 15.7. The molecule has 2 aromatic rings. The second-order valence-electron chi connectivity index (χ2n) is 5.89. The van der Waals surface area contributed by atoms with Crippen LogP contribution in [0.3, 0.4) is 0 Å². The van der Waals surface area contributed by atoms with Crippen LogP contribution < -0.4 is 0 Å². The highest BCUT2D eigenvalue weighted by Gasteiger charge is 2.28. The number of likely N-dealkylation sites (tertiary alicyclic amines) is 1. The van der Waals surface area contributed by atoms with E-state index in [1.165, 1.54) is 13.0 Å². The zero-order chi connectivity index (χ0) is 16.4. The molecule has 1 aromatic heterocycles. The molecular formula is C17H20FN3O2. The van der Waals surface area contributed by atoms with Gasteiger partial charge in [-0.2, -0.15) is 5.10 Å². The maximum absolute atomic E-state index is 14.0. The first kappa shape index (κ1) is 15.7. The first-order valence-electron chi connectivity index (χ1n) is 7.83. The summed E-state index contributed by atoms with van der Waals surface area (Å²) in [6.07, 6.45) is 2.27. The first-order chi connectivity index (χ1) is 11.1. The highest BCUT2D eigenvalue weighted by molar-refractivity contribution is 5.80. The Labute approximate surface area is 134 Å². The van der Waals surface area contributed by atoms with Crippen molar-refractivity contribution in [3.05, 3.63) is 48.0 Å². The van der Waals surface area contributed by atoms with Crippen LogP contribution in [-0.2, 0) is 4.79 Å². The fourth-order valence-corrected chi connectivity index (χ4v) is 3.11. The van der Waals surface area contributed by atoms with Crippen molar-refractivity contribution < 1.29 is 14.3 Å². The van der Waals surface area contributed by atoms with E-state index in [0.29, 0.717) is 18.8 Å². The maximum atomic E-state index is 14.0. The lowest BCUT2D eigenvalue weighted by atomic mass is 9.93. The van der Waals surface area contributed by atoms with Crippen LogP contribution in [0.25, 0.3) is 5.69 Å². The third-order valence-electron chi connectivity index (χ3n) is 4.33. The third kappa shape index (κ3) is 3.12. The number of benzene rings is 1. The summed E-state index contributed by atoms with van der Waals surface area (Å²) in [7, 11) is 0. The molecule has 2 heterocycles. The number of hydrogen-bond donors (Lipinski definition) is 1. The summed E-state index contributed by atoms with van der Waals surface area (Å²) >= 11 is 0. The van der Waals surface area contributed by atoms with E-state index >= 15 is 0 Å². The Morgan fingerprint density at radius 3 is 2.65 bits per heavy atom. The van der Waals surface area contributed by atoms with E-state index in [4.69, 9.17) is 0 Å². The van der Waals surface area contributed by atoms with Crippen LogP contribution in [0.2, 0.25) is 0 Å². The minimum absolute atomic E-state index is 0.218. The molecule has 1 fully saturated rings. The zero-order valence-corrected chi connectivity index (χ0v) is 13.0. The maximum Gasteiger partial charge on any atom is 0.251 e. The average molecular weight is 317 g/mol. The Morgan fingerprint density at radius 1 is 1.30 bits per heavy atom. The van der Waals surface area contributed by atoms with Crippen molar-refractivity contribution in [2.45, 2.75) is 31.8 Å². The van der Waals surface area contributed by atoms with Gasteiger partial charge in [0.05, 0.1) is 0 Å². The fourth-order valence-electron chi connectivity index (χ4n) is 3.11. The number of carbonyl (C=O) groups is 1. The van der Waals surface area contributed by atoms with Crippen LogP contribution in [0.4, 0.5) is 4.39 Å². The Bertz CT molecular complexity index is 691. The number of aromatic nitrogens is 2. The molecular weight excluding hydrogens is 297 g/mol. The number of aliphatic hydroxyl groups excluding tert-OH is 1. The van der Waals surface area contributed by atoms with E-state index < -0.39 is 6.10 Å². The van der Waals surface area contributed by atoms with Gasteiger partial charge in [-0.25, -0.2) is 9.07 Å². The summed E-state index contributed by atoms with van der Waals surface area (Å²) in [6.45, 7) is 2.68. The van der Waals surface area contributed by atoms with E-state index in [-0.39, 0.29) is 17.6 Å². The Kier molecular flexibility index (Phi) is 4.43. The lowest BCUT2D eigenvalue weighted by molar-refractivity contribution is -0.140. The summed E-state index contributed by atoms with van der Waals surface area (Å²) in [6, 6.07) is 8.47. The predicted octanol–water partition coefficient (Wildman–Crippen LogP) is 2.10. The molecule has 0 aliphatic carbocycles. The highest BCUT2D eigenvalue weighted by atomic mass is 19.1. The third-order valence-corrected chi connectivity index (χ3v) is 4.33. The number of para-hydroxylation sites is 1. The van der Waals surface area contributed by atoms with Crippen LogP contribution in [-0.4, -0.2) is 44.9 Å². The number of rotatable bonds is 3. The zero-order valence-electron chi connectivity index (χ0n) is 13.0. The van der Waals surface area contributed by atoms with Gasteiger partial charge in [0.25, 0.3) is 5.91 Å². The van der Waals surface area contributed by atoms with Crippen molar-refractivity contribution >= 4 is 5.91 Å². The Balaban J connectivity index is 1.77. The van der Waals surface area contributed by atoms with Gasteiger partial charge in [0.1, 0.15) is 17.6 Å². The lowest BCUT2D eigenvalue weighted by Crippen LogP contribution is -2.42. The summed E-state index contributed by atoms with van der Waals surface area (Å²) in [5, 5.41) is 13.7. The molecule has 1 N–H and O–H groups in total. The number of hydrogen-bond acceptors (Lipinski definition) is 3. The van der Waals surface area contributed by atoms with Crippen LogP contribution in [0, 0.1) is 5.82 Å². The van der Waals surface area contributed by atoms with Crippen molar-refractivity contribution in [2.75, 3.05) is 13.1 Å². The highest BCUT2D eigenvalue weighted by Crippen LogP contribution is 2.30. The molecule has 6 heteroatoms. The number of halogens is 1. The molecule has 3 rings (SSSR count). The van der Waals surface area contributed by atoms with E-state index in [2.05, 4.69) is 5.10 Å². The molecule has 0 bridgehead atoms. The molecule has 0 saturated carbocycles. The largest absolute Gasteiger partial charge is 0.384 e. The van der Waals surface area contributed by atoms with Gasteiger partial charge in [-0.05, 0) is 38.0 Å². The molecule has 1 aliphatic heterocycles. The van der Waals surface area contributed by atoms with E-state index in [1.807, 2.05) is 6.07 Å². The summed E-state index contributed by atoms with van der Waals surface area (Å²) in [4.78, 5) is 13.5. The molecule has 23 heavy (non-hydrogen) atoms. The number of nitrogens with zero attached hydrogens (tertiary/aromatic N) is 3. The second kappa shape index (κ2) is 6.50. The van der Waals surface area contributed by atoms with E-state index in [9.17, 15) is 14.3 Å². The van der Waals surface area contributed by atoms with Gasteiger partial charge in [-0.3, -0.25) is 4.79 Å². The van der Waals surface area contributed by atoms with Gasteiger partial charge in [0, 0.05) is 30.9 Å². The second-order valence-corrected chi connectivity index (χ2v) is 5.89. The van der Waals surface area contributed by atoms with Crippen molar-refractivity contribution in [3.63, 3.8) is 0 Å². The quantitative estimate of drug-likeness (QED) is 0.943. The number of amides is 1. The molecule has 0 spiro atoms. The molecule has 1 aliphatic rings. The molecule has 122 valence electrons. The normalized spacial score (nSPS) is 17.3. The van der Waals surface area contributed by atoms with Crippen LogP contribution in [0.5, 0.6) is 0 Å². The fraction of sp³-hybridized carbons (Fsp3) is 0.412. The van der Waals surface area contributed by atoms with Crippen LogP contribution >= 0.6 is 0 Å². The topological polar surface area (TPSA) is 58.4 Å². The molecule has 1 amide bonds. The Hall–Kier alpha value is -2.21. The van der Waals surface area contributed by atoms with Gasteiger partial charge >= 0.3 is 0 Å². The van der Waals surface area contributed by atoms with Crippen LogP contribution in [0.1, 0.15) is 31.4 Å². The molecule has 5 nitrogen and oxygen atoms in total. The van der Waals surface area contributed by atoms with Crippen molar-refractivity contribution in [3.8, 4) is 5.69 Å². The van der Waals surface area contributed by atoms with Gasteiger partial charge in [-0.1, -0.05) is 12.1 Å². The van der Waals surface area contributed by atoms with Gasteiger partial charge in [-0.15, -0.1) is 0 Å².